The van der Waals surface area contributed by atoms with Crippen LogP contribution in [0, 0.1) is 11.3 Å². The zero-order valence-electron chi connectivity index (χ0n) is 21.3. The highest BCUT2D eigenvalue weighted by atomic mass is 32.1. The Balaban J connectivity index is -0.000000742. The molecule has 298 valence electrons. The number of hydrogen-bond acceptors (Lipinski definition) is 5. The van der Waals surface area contributed by atoms with Crippen LogP contribution < -0.4 is 10.6 Å². The Hall–Kier alpha value is -2.65. The third kappa shape index (κ3) is 8.52. The maximum Gasteiger partial charge on any atom is 0.561 e. The van der Waals surface area contributed by atoms with Crippen molar-refractivity contribution in [1.29, 1.82) is 5.26 Å². The second kappa shape index (κ2) is 14.1. The number of rotatable bonds is 10. The highest BCUT2D eigenvalue weighted by Gasteiger charge is 2.92. The monoisotopic (exact) mass is 852 g/mol. The Morgan fingerprint density at radius 3 is 0.900 bits per heavy atom. The number of carbonyl (C=O) groups excluding carboxylic acids is 1. The first-order chi connectivity index (χ1) is 20.9. The van der Waals surface area contributed by atoms with Crippen molar-refractivity contribution in [2.75, 3.05) is 0 Å². The molecule has 0 aromatic rings. The number of nitrogens with two attached hydrogens (primary N) is 1. The zero-order chi connectivity index (χ0) is 42.4. The van der Waals surface area contributed by atoms with E-state index in [0.717, 1.165) is 0 Å². The van der Waals surface area contributed by atoms with E-state index >= 15 is 0 Å². The van der Waals surface area contributed by atoms with Gasteiger partial charge in [-0.3, -0.25) is 14.6 Å². The van der Waals surface area contributed by atoms with Crippen molar-refractivity contribution in [1.82, 2.24) is 0 Å². The Morgan fingerprint density at radius 2 is 0.740 bits per heavy atom. The fraction of sp³-hybridized carbons (Fsp3) is 0.857. The van der Waals surface area contributed by atoms with Crippen LogP contribution in [0.15, 0.2) is 0 Å². The maximum absolute atomic E-state index is 12.7. The summed E-state index contributed by atoms with van der Waals surface area (Å²) < 4.78 is 338. The topological polar surface area (TPSA) is 165 Å². The molecule has 36 heteroatoms. The third-order valence-corrected chi connectivity index (χ3v) is 6.23. The van der Waals surface area contributed by atoms with Crippen LogP contribution in [0.3, 0.4) is 0 Å². The number of alkyl halides is 26. The number of hydrogen-bond donors (Lipinski definition) is 3. The van der Waals surface area contributed by atoms with Crippen molar-refractivity contribution in [3.05, 3.63) is 0 Å². The molecule has 0 spiro atoms. The molecule has 0 rings (SSSR count). The predicted molar refractivity (Wildman–Crippen MR) is 96.0 cm³/mol. The lowest BCUT2D eigenvalue weighted by atomic mass is 9.94. The number of nitriles is 1. The van der Waals surface area contributed by atoms with E-state index in [-0.39, 0.29) is 0 Å². The highest BCUT2D eigenvalue weighted by molar-refractivity contribution is 8.19. The van der Waals surface area contributed by atoms with Gasteiger partial charge in [0.2, 0.25) is 0 Å². The van der Waals surface area contributed by atoms with Gasteiger partial charge in [-0.2, -0.15) is 119 Å². The van der Waals surface area contributed by atoms with E-state index in [1.54, 1.807) is 0 Å². The smallest absolute Gasteiger partial charge is 0.561 e. The summed E-state index contributed by atoms with van der Waals surface area (Å²) >= 11 is 0. The van der Waals surface area contributed by atoms with Crippen molar-refractivity contribution in [2.24, 2.45) is 5.73 Å². The fourth-order valence-corrected chi connectivity index (χ4v) is 1.76. The molecule has 1 amide bonds. The van der Waals surface area contributed by atoms with Gasteiger partial charge >= 0.3 is 86.6 Å². The van der Waals surface area contributed by atoms with E-state index in [2.05, 4.69) is 5.73 Å². The van der Waals surface area contributed by atoms with Crippen molar-refractivity contribution in [3.63, 3.8) is 0 Å². The first-order valence-corrected chi connectivity index (χ1v) is 13.3. The van der Waals surface area contributed by atoms with Crippen LogP contribution in [0.25, 0.3) is 0 Å². The van der Waals surface area contributed by atoms with Gasteiger partial charge in [0, 0.05) is 0 Å². The van der Waals surface area contributed by atoms with E-state index in [1.807, 2.05) is 0 Å². The molecule has 0 bridgehead atoms. The average molecular weight is 852 g/mol. The van der Waals surface area contributed by atoms with Crippen molar-refractivity contribution in [3.8, 4) is 6.07 Å². The Kier molecular flexibility index (Phi) is 14.5. The molecule has 0 aliphatic carbocycles. The van der Waals surface area contributed by atoms with Crippen molar-refractivity contribution in [2.45, 2.75) is 71.6 Å². The second-order valence-electron chi connectivity index (χ2n) is 7.97. The SMILES string of the molecule is N#CC(F)(F)C(F)(F)C(F)(F)C(F)(F)C(F)(F)C(F)(F)F.NC(=O)C(F)(F)C(F)(F)C(F)(F)C(F)(F)C(F)(F)C(F)(F)F.O=[P+]([O-])P(=O)(O)O. The molecule has 8 nitrogen and oxygen atoms in total. The van der Waals surface area contributed by atoms with Gasteiger partial charge in [-0.15, -0.1) is 0 Å². The minimum atomic E-state index is -8.03. The number of amides is 1. The van der Waals surface area contributed by atoms with Gasteiger partial charge in [0.15, 0.2) is 0 Å². The third-order valence-electron chi connectivity index (χ3n) is 4.53. The molecule has 0 heterocycles. The first-order valence-electron chi connectivity index (χ1n) is 9.78. The molecule has 1 atom stereocenters. The lowest BCUT2D eigenvalue weighted by molar-refractivity contribution is -0.436. The van der Waals surface area contributed by atoms with E-state index in [4.69, 9.17) is 15.0 Å². The van der Waals surface area contributed by atoms with E-state index in [1.165, 1.54) is 0 Å². The summed E-state index contributed by atoms with van der Waals surface area (Å²) in [5, 5.41) is 7.45. The van der Waals surface area contributed by atoms with Crippen molar-refractivity contribution < 1.29 is 143 Å². The van der Waals surface area contributed by atoms with Crippen LogP contribution in [-0.4, -0.2) is 87.3 Å². The molecular weight excluding hydrogens is 848 g/mol. The van der Waals surface area contributed by atoms with Crippen LogP contribution >= 0.6 is 15.0 Å². The minimum Gasteiger partial charge on any atom is -0.588 e. The Labute approximate surface area is 253 Å². The molecule has 1 unspecified atom stereocenters. The molecule has 0 aliphatic heterocycles. The largest absolute Gasteiger partial charge is 0.588 e. The number of primary amides is 1. The van der Waals surface area contributed by atoms with E-state index < -0.39 is 98.6 Å². The first kappa shape index (κ1) is 51.7. The predicted octanol–water partition coefficient (Wildman–Crippen LogP) is 6.64. The van der Waals surface area contributed by atoms with E-state index in [9.17, 15) is 133 Å². The molecule has 0 aromatic carbocycles. The summed E-state index contributed by atoms with van der Waals surface area (Å²) in [6.45, 7) is 0. The normalized spacial score (nSPS) is 15.6. The minimum absolute atomic E-state index is 0.873. The molecular formula is C14H4F26N2O6P2. The Bertz CT molecular complexity index is 1330. The van der Waals surface area contributed by atoms with E-state index in [0.29, 0.717) is 0 Å². The number of carbonyl (C=O) groups is 1. The van der Waals surface area contributed by atoms with Crippen LogP contribution in [-0.2, 0) is 13.9 Å². The summed E-state index contributed by atoms with van der Waals surface area (Å²) in [6.07, 6.45) is -14.9. The van der Waals surface area contributed by atoms with Crippen molar-refractivity contribution >= 4 is 20.9 Å². The van der Waals surface area contributed by atoms with Gasteiger partial charge in [0.1, 0.15) is 6.07 Å². The second-order valence-corrected chi connectivity index (χ2v) is 12.0. The van der Waals surface area contributed by atoms with Gasteiger partial charge in [-0.1, -0.05) is 4.57 Å². The molecule has 0 saturated carbocycles. The van der Waals surface area contributed by atoms with Gasteiger partial charge in [-0.05, 0) is 0 Å². The molecule has 0 aliphatic rings. The summed E-state index contributed by atoms with van der Waals surface area (Å²) in [5.41, 5.74) is 3.53. The van der Waals surface area contributed by atoms with Gasteiger partial charge < -0.3 is 10.6 Å². The molecule has 0 aromatic heterocycles. The van der Waals surface area contributed by atoms with Gasteiger partial charge in [-0.25, -0.2) is 4.57 Å². The molecule has 50 heavy (non-hydrogen) atoms. The maximum atomic E-state index is 12.7. The summed E-state index contributed by atoms with van der Waals surface area (Å²) in [7, 11) is -8.36. The molecule has 4 N–H and O–H groups in total. The average Bonchev–Trinajstić information content (AvgIpc) is 2.86. The summed E-state index contributed by atoms with van der Waals surface area (Å²) in [5.74, 6) is -79.7. The number of halogens is 26. The van der Waals surface area contributed by atoms with Crippen LogP contribution in [0.2, 0.25) is 0 Å². The lowest BCUT2D eigenvalue weighted by Gasteiger charge is -2.38. The highest BCUT2D eigenvalue weighted by Crippen LogP contribution is 2.61. The molecule has 0 saturated heterocycles. The van der Waals surface area contributed by atoms with Gasteiger partial charge in [0.25, 0.3) is 5.91 Å². The van der Waals surface area contributed by atoms with Crippen LogP contribution in [0.1, 0.15) is 0 Å². The zero-order valence-corrected chi connectivity index (χ0v) is 23.1. The summed E-state index contributed by atoms with van der Waals surface area (Å²) in [4.78, 5) is 34.4. The molecule has 0 radical (unpaired) electrons. The Morgan fingerprint density at radius 1 is 0.540 bits per heavy atom. The lowest BCUT2D eigenvalue weighted by Crippen LogP contribution is -2.71. The quantitative estimate of drug-likeness (QED) is 0.164. The standard InChI is InChI=1S/C7H2F13NO.C7F13N.H2O5P2/c8-2(9,1(21)22)3(10,11)4(12,13)5(14,15)6(16,17)7(18,19)20;8-2(9,1-21)3(10,11)4(12,13)5(14,15)6(16,17)7(18,19)20;1-6(2)7(3,4)5/h(H2,21,22);;(H2,3,4,5). The summed E-state index contributed by atoms with van der Waals surface area (Å²) in [6, 6.07) is -0.873. The van der Waals surface area contributed by atoms with Crippen LogP contribution in [0.5, 0.6) is 0 Å². The van der Waals surface area contributed by atoms with Crippen LogP contribution in [0.4, 0.5) is 114 Å². The fourth-order valence-electron chi connectivity index (χ4n) is 1.76. The van der Waals surface area contributed by atoms with Gasteiger partial charge in [0.05, 0.1) is 0 Å². The molecule has 0 fully saturated rings. The number of nitrogens with zero attached hydrogens (tertiary/aromatic N) is 1.